The Bertz CT molecular complexity index is 739. The van der Waals surface area contributed by atoms with Crippen LogP contribution in [0, 0.1) is 0 Å². The highest BCUT2D eigenvalue weighted by Crippen LogP contribution is 2.33. The SMILES string of the molecule is Nc1c(Br)cccc1-c1cccc(-c2ccccn2)c1. The van der Waals surface area contributed by atoms with Gasteiger partial charge in [-0.3, -0.25) is 4.98 Å². The van der Waals surface area contributed by atoms with E-state index in [-0.39, 0.29) is 0 Å². The van der Waals surface area contributed by atoms with Crippen molar-refractivity contribution in [3.63, 3.8) is 0 Å². The molecule has 2 aromatic carbocycles. The van der Waals surface area contributed by atoms with E-state index in [0.717, 1.165) is 32.5 Å². The van der Waals surface area contributed by atoms with Gasteiger partial charge in [0.2, 0.25) is 0 Å². The molecule has 0 atom stereocenters. The first-order chi connectivity index (χ1) is 9.75. The van der Waals surface area contributed by atoms with Gasteiger partial charge < -0.3 is 5.73 Å². The van der Waals surface area contributed by atoms with E-state index < -0.39 is 0 Å². The third kappa shape index (κ3) is 2.45. The molecule has 0 saturated carbocycles. The van der Waals surface area contributed by atoms with E-state index >= 15 is 0 Å². The summed E-state index contributed by atoms with van der Waals surface area (Å²) < 4.78 is 0.915. The molecule has 0 amide bonds. The molecule has 0 radical (unpaired) electrons. The first-order valence-corrected chi connectivity index (χ1v) is 7.11. The summed E-state index contributed by atoms with van der Waals surface area (Å²) in [5, 5.41) is 0. The Balaban J connectivity index is 2.10. The van der Waals surface area contributed by atoms with Crippen LogP contribution in [0.5, 0.6) is 0 Å². The van der Waals surface area contributed by atoms with E-state index in [4.69, 9.17) is 5.73 Å². The maximum absolute atomic E-state index is 6.14. The van der Waals surface area contributed by atoms with E-state index in [1.165, 1.54) is 0 Å². The number of halogens is 1. The molecular weight excluding hydrogens is 312 g/mol. The molecule has 0 bridgehead atoms. The van der Waals surface area contributed by atoms with Gasteiger partial charge >= 0.3 is 0 Å². The predicted molar refractivity (Wildman–Crippen MR) is 87.2 cm³/mol. The van der Waals surface area contributed by atoms with Crippen LogP contribution in [0.4, 0.5) is 5.69 Å². The highest BCUT2D eigenvalue weighted by Gasteiger charge is 2.07. The molecule has 3 heteroatoms. The van der Waals surface area contributed by atoms with Crippen molar-refractivity contribution in [3.05, 3.63) is 71.3 Å². The van der Waals surface area contributed by atoms with Gasteiger partial charge in [0.05, 0.1) is 11.4 Å². The summed E-state index contributed by atoms with van der Waals surface area (Å²) in [5.74, 6) is 0. The van der Waals surface area contributed by atoms with Crippen LogP contribution in [0.3, 0.4) is 0 Å². The molecule has 2 N–H and O–H groups in total. The van der Waals surface area contributed by atoms with Crippen molar-refractivity contribution >= 4 is 21.6 Å². The van der Waals surface area contributed by atoms with E-state index in [0.29, 0.717) is 0 Å². The van der Waals surface area contributed by atoms with E-state index in [1.54, 1.807) is 6.20 Å². The minimum Gasteiger partial charge on any atom is -0.397 e. The van der Waals surface area contributed by atoms with Crippen LogP contribution in [-0.2, 0) is 0 Å². The molecule has 0 aliphatic rings. The number of hydrogen-bond donors (Lipinski definition) is 1. The van der Waals surface area contributed by atoms with Crippen molar-refractivity contribution in [1.82, 2.24) is 4.98 Å². The normalized spacial score (nSPS) is 10.4. The maximum Gasteiger partial charge on any atom is 0.0702 e. The van der Waals surface area contributed by atoms with Gasteiger partial charge in [-0.2, -0.15) is 0 Å². The Morgan fingerprint density at radius 3 is 2.45 bits per heavy atom. The number of para-hydroxylation sites is 1. The Morgan fingerprint density at radius 2 is 1.65 bits per heavy atom. The van der Waals surface area contributed by atoms with Crippen LogP contribution in [0.1, 0.15) is 0 Å². The lowest BCUT2D eigenvalue weighted by Crippen LogP contribution is -1.91. The summed E-state index contributed by atoms with van der Waals surface area (Å²) in [4.78, 5) is 4.38. The molecule has 0 saturated heterocycles. The average Bonchev–Trinajstić information content (AvgIpc) is 2.51. The zero-order valence-corrected chi connectivity index (χ0v) is 12.3. The third-order valence-corrected chi connectivity index (χ3v) is 3.88. The Labute approximate surface area is 126 Å². The molecule has 1 aromatic heterocycles. The van der Waals surface area contributed by atoms with Crippen LogP contribution in [0.25, 0.3) is 22.4 Å². The van der Waals surface area contributed by atoms with E-state index in [2.05, 4.69) is 39.1 Å². The first kappa shape index (κ1) is 12.9. The van der Waals surface area contributed by atoms with Crippen molar-refractivity contribution < 1.29 is 0 Å². The molecule has 1 heterocycles. The fourth-order valence-corrected chi connectivity index (χ4v) is 2.53. The monoisotopic (exact) mass is 324 g/mol. The number of pyridine rings is 1. The smallest absolute Gasteiger partial charge is 0.0702 e. The molecule has 0 aliphatic heterocycles. The number of rotatable bonds is 2. The van der Waals surface area contributed by atoms with Crippen molar-refractivity contribution in [2.45, 2.75) is 0 Å². The van der Waals surface area contributed by atoms with Crippen LogP contribution in [0.2, 0.25) is 0 Å². The van der Waals surface area contributed by atoms with Gasteiger partial charge in [-0.25, -0.2) is 0 Å². The highest BCUT2D eigenvalue weighted by molar-refractivity contribution is 9.10. The molecule has 20 heavy (non-hydrogen) atoms. The van der Waals surface area contributed by atoms with Crippen molar-refractivity contribution in [3.8, 4) is 22.4 Å². The first-order valence-electron chi connectivity index (χ1n) is 6.31. The Hall–Kier alpha value is -2.13. The standard InChI is InChI=1S/C17H13BrN2/c18-15-8-4-7-14(17(15)19)12-5-3-6-13(11-12)16-9-1-2-10-20-16/h1-11H,19H2. The van der Waals surface area contributed by atoms with Gasteiger partial charge in [-0.05, 0) is 45.8 Å². The number of nitrogens with two attached hydrogens (primary N) is 1. The summed E-state index contributed by atoms with van der Waals surface area (Å²) >= 11 is 3.47. The fraction of sp³-hybridized carbons (Fsp3) is 0. The number of nitrogens with zero attached hydrogens (tertiary/aromatic N) is 1. The van der Waals surface area contributed by atoms with Crippen LogP contribution >= 0.6 is 15.9 Å². The third-order valence-electron chi connectivity index (χ3n) is 3.19. The second-order valence-electron chi connectivity index (χ2n) is 4.50. The largest absolute Gasteiger partial charge is 0.397 e. The van der Waals surface area contributed by atoms with Gasteiger partial charge in [0, 0.05) is 21.8 Å². The molecule has 3 rings (SSSR count). The topological polar surface area (TPSA) is 38.9 Å². The van der Waals surface area contributed by atoms with Crippen molar-refractivity contribution in [2.24, 2.45) is 0 Å². The second-order valence-corrected chi connectivity index (χ2v) is 5.35. The number of nitrogen functional groups attached to an aromatic ring is 1. The van der Waals surface area contributed by atoms with Gasteiger partial charge in [0.25, 0.3) is 0 Å². The Kier molecular flexibility index (Phi) is 3.52. The van der Waals surface area contributed by atoms with E-state index in [9.17, 15) is 0 Å². The minimum absolute atomic E-state index is 0.755. The zero-order valence-electron chi connectivity index (χ0n) is 10.8. The van der Waals surface area contributed by atoms with E-state index in [1.807, 2.05) is 42.5 Å². The van der Waals surface area contributed by atoms with Crippen molar-refractivity contribution in [1.29, 1.82) is 0 Å². The van der Waals surface area contributed by atoms with Gasteiger partial charge in [-0.1, -0.05) is 36.4 Å². The Morgan fingerprint density at radius 1 is 0.850 bits per heavy atom. The molecule has 0 unspecified atom stereocenters. The number of aromatic nitrogens is 1. The second kappa shape index (κ2) is 5.47. The molecule has 2 nitrogen and oxygen atoms in total. The summed E-state index contributed by atoms with van der Waals surface area (Å²) in [6, 6.07) is 20.1. The van der Waals surface area contributed by atoms with Crippen LogP contribution in [-0.4, -0.2) is 4.98 Å². The lowest BCUT2D eigenvalue weighted by molar-refractivity contribution is 1.33. The quantitative estimate of drug-likeness (QED) is 0.690. The number of benzene rings is 2. The minimum atomic E-state index is 0.755. The number of anilines is 1. The molecule has 0 spiro atoms. The molecule has 3 aromatic rings. The van der Waals surface area contributed by atoms with Crippen molar-refractivity contribution in [2.75, 3.05) is 5.73 Å². The number of hydrogen-bond acceptors (Lipinski definition) is 2. The summed E-state index contributed by atoms with van der Waals surface area (Å²) in [7, 11) is 0. The molecule has 0 fully saturated rings. The van der Waals surface area contributed by atoms with Gasteiger partial charge in [-0.15, -0.1) is 0 Å². The zero-order chi connectivity index (χ0) is 13.9. The van der Waals surface area contributed by atoms with Gasteiger partial charge in [0.1, 0.15) is 0 Å². The van der Waals surface area contributed by atoms with Gasteiger partial charge in [0.15, 0.2) is 0 Å². The average molecular weight is 325 g/mol. The van der Waals surface area contributed by atoms with Crippen LogP contribution in [0.15, 0.2) is 71.3 Å². The summed E-state index contributed by atoms with van der Waals surface area (Å²) in [6.07, 6.45) is 1.80. The lowest BCUT2D eigenvalue weighted by atomic mass is 10.0. The molecular formula is C17H13BrN2. The molecule has 0 aliphatic carbocycles. The maximum atomic E-state index is 6.14. The lowest BCUT2D eigenvalue weighted by Gasteiger charge is -2.09. The predicted octanol–water partition coefficient (Wildman–Crippen LogP) is 4.76. The molecule has 98 valence electrons. The fourth-order valence-electron chi connectivity index (χ4n) is 2.17. The van der Waals surface area contributed by atoms with Crippen LogP contribution < -0.4 is 5.73 Å². The summed E-state index contributed by atoms with van der Waals surface area (Å²) in [5.41, 5.74) is 11.1. The summed E-state index contributed by atoms with van der Waals surface area (Å²) in [6.45, 7) is 0. The highest BCUT2D eigenvalue weighted by atomic mass is 79.9.